The van der Waals surface area contributed by atoms with Gasteiger partial charge < -0.3 is 4.74 Å². The highest BCUT2D eigenvalue weighted by Crippen LogP contribution is 2.41. The number of fused-ring (bicyclic) bond motifs is 2. The third kappa shape index (κ3) is 5.10. The molecule has 0 unspecified atom stereocenters. The number of amides is 1. The first-order valence-corrected chi connectivity index (χ1v) is 12.4. The Hall–Kier alpha value is -1.96. The van der Waals surface area contributed by atoms with E-state index >= 15 is 0 Å². The maximum atomic E-state index is 12.9. The molecular weight excluding hydrogens is 506 g/mol. The summed E-state index contributed by atoms with van der Waals surface area (Å²) in [6.07, 6.45) is 3.10. The highest BCUT2D eigenvalue weighted by molar-refractivity contribution is 9.10. The minimum absolute atomic E-state index is 0.0594. The number of aromatic nitrogens is 1. The molecule has 0 N–H and O–H groups in total. The monoisotopic (exact) mass is 533 g/mol. The molecule has 2 aromatic rings. The van der Waals surface area contributed by atoms with Gasteiger partial charge in [0.15, 0.2) is 5.78 Å². The van der Waals surface area contributed by atoms with Crippen LogP contribution in [-0.2, 0) is 22.4 Å². The highest BCUT2D eigenvalue weighted by atomic mass is 79.9. The number of Topliss-reactive ketones (excluding diaryl/α,β-unsaturated/α-hetero) is 1. The van der Waals surface area contributed by atoms with E-state index in [-0.39, 0.29) is 11.8 Å². The fourth-order valence-corrected chi connectivity index (χ4v) is 5.84. The molecule has 1 fully saturated rings. The number of carbonyl (C=O) groups is 2. The summed E-state index contributed by atoms with van der Waals surface area (Å²) < 4.78 is 6.52. The van der Waals surface area contributed by atoms with Crippen molar-refractivity contribution in [2.45, 2.75) is 58.2 Å². The molecule has 176 valence electrons. The normalized spacial score (nSPS) is 21.1. The Morgan fingerprint density at radius 1 is 1.18 bits per heavy atom. The summed E-state index contributed by atoms with van der Waals surface area (Å²) in [5.41, 5.74) is 3.86. The first-order chi connectivity index (χ1) is 15.5. The fourth-order valence-electron chi connectivity index (χ4n) is 4.75. The number of hydrogen-bond donors (Lipinski definition) is 0. The van der Waals surface area contributed by atoms with Gasteiger partial charge in [0, 0.05) is 35.3 Å². The van der Waals surface area contributed by atoms with Gasteiger partial charge in [-0.15, -0.1) is 0 Å². The second-order valence-corrected chi connectivity index (χ2v) is 11.0. The molecule has 1 aromatic carbocycles. The number of pyridine rings is 1. The zero-order valence-corrected chi connectivity index (χ0v) is 21.7. The standard InChI is InChI=1S/C25H29BrClN3O3/c1-15(31)20-14-29(10-11-30(20)24(32)33-25(2,3)4)23-21-17(12-18(27)13-19(21)26)8-7-16-6-5-9-28-22(16)23/h5-6,9,12-13,20,23H,7-8,10-11,14H2,1-4H3/t20-,23-/m1/s1. The first-order valence-electron chi connectivity index (χ1n) is 11.2. The zero-order valence-electron chi connectivity index (χ0n) is 19.4. The number of ether oxygens (including phenoxy) is 1. The third-order valence-corrected chi connectivity index (χ3v) is 7.05. The van der Waals surface area contributed by atoms with E-state index in [2.05, 4.69) is 26.9 Å². The highest BCUT2D eigenvalue weighted by Gasteiger charge is 2.40. The van der Waals surface area contributed by atoms with Gasteiger partial charge in [0.05, 0.1) is 11.7 Å². The van der Waals surface area contributed by atoms with Crippen LogP contribution in [0.4, 0.5) is 4.79 Å². The number of carbonyl (C=O) groups excluding carboxylic acids is 2. The van der Waals surface area contributed by atoms with Crippen molar-refractivity contribution in [2.75, 3.05) is 19.6 Å². The smallest absolute Gasteiger partial charge is 0.410 e. The molecule has 1 aromatic heterocycles. The van der Waals surface area contributed by atoms with Crippen LogP contribution >= 0.6 is 27.5 Å². The van der Waals surface area contributed by atoms with Crippen LogP contribution in [0.15, 0.2) is 34.9 Å². The molecule has 0 saturated carbocycles. The molecule has 33 heavy (non-hydrogen) atoms. The molecule has 2 atom stereocenters. The zero-order chi connectivity index (χ0) is 23.9. The lowest BCUT2D eigenvalue weighted by molar-refractivity contribution is -0.124. The van der Waals surface area contributed by atoms with E-state index in [4.69, 9.17) is 21.3 Å². The van der Waals surface area contributed by atoms with Gasteiger partial charge in [0.25, 0.3) is 0 Å². The van der Waals surface area contributed by atoms with Crippen LogP contribution in [-0.4, -0.2) is 57.9 Å². The van der Waals surface area contributed by atoms with Crippen molar-refractivity contribution in [1.29, 1.82) is 0 Å². The number of hydrogen-bond acceptors (Lipinski definition) is 5. The molecule has 8 heteroatoms. The summed E-state index contributed by atoms with van der Waals surface area (Å²) in [4.78, 5) is 34.1. The molecule has 1 saturated heterocycles. The van der Waals surface area contributed by atoms with Gasteiger partial charge >= 0.3 is 6.09 Å². The molecule has 0 radical (unpaired) electrons. The minimum atomic E-state index is -0.622. The Labute approximate surface area is 208 Å². The molecular formula is C25H29BrClN3O3. The molecule has 2 heterocycles. The number of rotatable bonds is 2. The Balaban J connectivity index is 1.73. The third-order valence-electron chi connectivity index (χ3n) is 6.18. The topological polar surface area (TPSA) is 62.7 Å². The number of halogens is 2. The average molecular weight is 535 g/mol. The summed E-state index contributed by atoms with van der Waals surface area (Å²) in [6.45, 7) is 8.43. The summed E-state index contributed by atoms with van der Waals surface area (Å²) in [5, 5.41) is 0.689. The fraction of sp³-hybridized carbons (Fsp3) is 0.480. The molecule has 2 aliphatic rings. The van der Waals surface area contributed by atoms with Crippen LogP contribution in [0.1, 0.15) is 56.1 Å². The van der Waals surface area contributed by atoms with Gasteiger partial charge in [-0.25, -0.2) is 4.79 Å². The van der Waals surface area contributed by atoms with E-state index < -0.39 is 17.7 Å². The second-order valence-electron chi connectivity index (χ2n) is 9.71. The minimum Gasteiger partial charge on any atom is -0.444 e. The molecule has 4 rings (SSSR count). The Kier molecular flexibility index (Phi) is 6.85. The van der Waals surface area contributed by atoms with Gasteiger partial charge in [-0.3, -0.25) is 19.6 Å². The largest absolute Gasteiger partial charge is 0.444 e. The maximum Gasteiger partial charge on any atom is 0.410 e. The molecule has 6 nitrogen and oxygen atoms in total. The number of benzene rings is 1. The molecule has 1 aliphatic heterocycles. The van der Waals surface area contributed by atoms with Crippen molar-refractivity contribution in [1.82, 2.24) is 14.8 Å². The van der Waals surface area contributed by atoms with Crippen molar-refractivity contribution in [2.24, 2.45) is 0 Å². The summed E-state index contributed by atoms with van der Waals surface area (Å²) in [7, 11) is 0. The lowest BCUT2D eigenvalue weighted by Crippen LogP contribution is -2.59. The van der Waals surface area contributed by atoms with E-state index in [0.717, 1.165) is 28.6 Å². The van der Waals surface area contributed by atoms with Crippen LogP contribution in [0.25, 0.3) is 0 Å². The van der Waals surface area contributed by atoms with Gasteiger partial charge in [0.1, 0.15) is 11.6 Å². The van der Waals surface area contributed by atoms with Gasteiger partial charge in [-0.2, -0.15) is 0 Å². The van der Waals surface area contributed by atoms with Crippen molar-refractivity contribution in [3.63, 3.8) is 0 Å². The summed E-state index contributed by atoms with van der Waals surface area (Å²) >= 11 is 10.1. The quantitative estimate of drug-likeness (QED) is 0.530. The van der Waals surface area contributed by atoms with Gasteiger partial charge in [-0.05, 0) is 75.4 Å². The predicted molar refractivity (Wildman–Crippen MR) is 132 cm³/mol. The van der Waals surface area contributed by atoms with Crippen LogP contribution in [0.5, 0.6) is 0 Å². The van der Waals surface area contributed by atoms with Crippen LogP contribution in [0.2, 0.25) is 5.02 Å². The molecule has 1 amide bonds. The Bertz CT molecular complexity index is 1090. The molecule has 0 bridgehead atoms. The van der Waals surface area contributed by atoms with Crippen molar-refractivity contribution in [3.05, 3.63) is 62.3 Å². The van der Waals surface area contributed by atoms with E-state index in [1.807, 2.05) is 45.2 Å². The van der Waals surface area contributed by atoms with E-state index in [0.29, 0.717) is 24.7 Å². The summed E-state index contributed by atoms with van der Waals surface area (Å²) in [6, 6.07) is 7.30. The van der Waals surface area contributed by atoms with E-state index in [1.54, 1.807) is 4.90 Å². The first kappa shape index (κ1) is 24.2. The Morgan fingerprint density at radius 2 is 1.91 bits per heavy atom. The maximum absolute atomic E-state index is 12.9. The number of aryl methyl sites for hydroxylation is 2. The second kappa shape index (κ2) is 9.35. The van der Waals surface area contributed by atoms with Crippen LogP contribution in [0.3, 0.4) is 0 Å². The van der Waals surface area contributed by atoms with Gasteiger partial charge in [-0.1, -0.05) is 33.6 Å². The van der Waals surface area contributed by atoms with Crippen LogP contribution < -0.4 is 0 Å². The van der Waals surface area contributed by atoms with E-state index in [1.165, 1.54) is 18.1 Å². The van der Waals surface area contributed by atoms with Crippen molar-refractivity contribution in [3.8, 4) is 0 Å². The molecule has 1 aliphatic carbocycles. The number of nitrogens with zero attached hydrogens (tertiary/aromatic N) is 3. The van der Waals surface area contributed by atoms with Crippen LogP contribution in [0, 0.1) is 0 Å². The van der Waals surface area contributed by atoms with Crippen molar-refractivity contribution >= 4 is 39.4 Å². The van der Waals surface area contributed by atoms with Crippen molar-refractivity contribution < 1.29 is 14.3 Å². The Morgan fingerprint density at radius 3 is 2.61 bits per heavy atom. The van der Waals surface area contributed by atoms with Gasteiger partial charge in [0.2, 0.25) is 0 Å². The molecule has 0 spiro atoms. The SMILES string of the molecule is CC(=O)[C@H]1CN([C@H]2c3ncccc3CCc3cc(Cl)cc(Br)c32)CCN1C(=O)OC(C)(C)C. The lowest BCUT2D eigenvalue weighted by atomic mass is 9.94. The number of piperazine rings is 1. The summed E-state index contributed by atoms with van der Waals surface area (Å²) in [5.74, 6) is -0.0594. The lowest BCUT2D eigenvalue weighted by Gasteiger charge is -2.44. The predicted octanol–water partition coefficient (Wildman–Crippen LogP) is 5.20. The van der Waals surface area contributed by atoms with E-state index in [9.17, 15) is 9.59 Å². The average Bonchev–Trinajstić information content (AvgIpc) is 2.89. The number of ketones is 1.